The zero-order valence-electron chi connectivity index (χ0n) is 12.6. The van der Waals surface area contributed by atoms with E-state index in [0.717, 1.165) is 11.3 Å². The summed E-state index contributed by atoms with van der Waals surface area (Å²) < 4.78 is 37.3. The van der Waals surface area contributed by atoms with Gasteiger partial charge in [0, 0.05) is 11.1 Å². The third-order valence-corrected chi connectivity index (χ3v) is 5.50. The van der Waals surface area contributed by atoms with Crippen molar-refractivity contribution in [3.63, 3.8) is 0 Å². The highest BCUT2D eigenvalue weighted by molar-refractivity contribution is 7.91. The van der Waals surface area contributed by atoms with Crippen molar-refractivity contribution in [3.05, 3.63) is 17.0 Å². The molecule has 1 aromatic rings. The van der Waals surface area contributed by atoms with Crippen LogP contribution < -0.4 is 4.72 Å². The highest BCUT2D eigenvalue weighted by Crippen LogP contribution is 2.24. The van der Waals surface area contributed by atoms with E-state index in [-0.39, 0.29) is 24.0 Å². The molecule has 0 saturated carbocycles. The first-order valence-corrected chi connectivity index (χ1v) is 8.85. The van der Waals surface area contributed by atoms with Crippen molar-refractivity contribution in [1.29, 1.82) is 0 Å². The van der Waals surface area contributed by atoms with Crippen molar-refractivity contribution >= 4 is 27.3 Å². The SMILES string of the molecule is CCOC(=O)COCc1ccsc1S(=O)(=O)NC(C)(C)C. The molecule has 6 nitrogen and oxygen atoms in total. The molecule has 0 aliphatic rings. The van der Waals surface area contributed by atoms with Gasteiger partial charge in [0.15, 0.2) is 0 Å². The van der Waals surface area contributed by atoms with Crippen LogP contribution >= 0.6 is 11.3 Å². The Hall–Kier alpha value is -0.960. The predicted molar refractivity (Wildman–Crippen MR) is 80.7 cm³/mol. The van der Waals surface area contributed by atoms with E-state index in [4.69, 9.17) is 9.47 Å². The van der Waals surface area contributed by atoms with E-state index in [1.807, 2.05) is 0 Å². The fraction of sp³-hybridized carbons (Fsp3) is 0.615. The lowest BCUT2D eigenvalue weighted by Crippen LogP contribution is -2.40. The predicted octanol–water partition coefficient (Wildman–Crippen LogP) is 1.90. The molecule has 0 amide bonds. The van der Waals surface area contributed by atoms with Gasteiger partial charge in [-0.3, -0.25) is 0 Å². The van der Waals surface area contributed by atoms with E-state index in [0.29, 0.717) is 5.56 Å². The number of rotatable bonds is 7. The van der Waals surface area contributed by atoms with Crippen molar-refractivity contribution in [2.45, 2.75) is 44.0 Å². The molecule has 1 aromatic heterocycles. The number of ether oxygens (including phenoxy) is 2. The third-order valence-electron chi connectivity index (χ3n) is 2.17. The van der Waals surface area contributed by atoms with Crippen molar-refractivity contribution in [1.82, 2.24) is 4.72 Å². The van der Waals surface area contributed by atoms with Gasteiger partial charge in [0.1, 0.15) is 10.8 Å². The van der Waals surface area contributed by atoms with Crippen molar-refractivity contribution < 1.29 is 22.7 Å². The monoisotopic (exact) mass is 335 g/mol. The Morgan fingerprint density at radius 3 is 2.62 bits per heavy atom. The molecule has 0 atom stereocenters. The van der Waals surface area contributed by atoms with Crippen molar-refractivity contribution in [2.75, 3.05) is 13.2 Å². The van der Waals surface area contributed by atoms with Gasteiger partial charge in [0.05, 0.1) is 13.2 Å². The summed E-state index contributed by atoms with van der Waals surface area (Å²) >= 11 is 1.12. The van der Waals surface area contributed by atoms with Gasteiger partial charge in [-0.05, 0) is 39.1 Å². The molecule has 0 spiro atoms. The number of hydrogen-bond acceptors (Lipinski definition) is 6. The minimum atomic E-state index is -3.59. The topological polar surface area (TPSA) is 81.7 Å². The van der Waals surface area contributed by atoms with Crippen LogP contribution in [-0.2, 0) is 30.9 Å². The van der Waals surface area contributed by atoms with Gasteiger partial charge in [-0.2, -0.15) is 0 Å². The molecule has 0 unspecified atom stereocenters. The van der Waals surface area contributed by atoms with Crippen LogP contribution in [0.3, 0.4) is 0 Å². The average molecular weight is 335 g/mol. The first kappa shape index (κ1) is 18.1. The molecule has 0 radical (unpaired) electrons. The minimum Gasteiger partial charge on any atom is -0.464 e. The Bertz CT molecular complexity index is 572. The fourth-order valence-corrected chi connectivity index (χ4v) is 4.36. The van der Waals surface area contributed by atoms with E-state index < -0.39 is 21.5 Å². The van der Waals surface area contributed by atoms with Gasteiger partial charge in [-0.1, -0.05) is 0 Å². The summed E-state index contributed by atoms with van der Waals surface area (Å²) in [7, 11) is -3.59. The number of carbonyl (C=O) groups is 1. The summed E-state index contributed by atoms with van der Waals surface area (Å²) in [5.41, 5.74) is -0.0349. The maximum absolute atomic E-state index is 12.3. The lowest BCUT2D eigenvalue weighted by molar-refractivity contribution is -0.148. The van der Waals surface area contributed by atoms with E-state index in [1.165, 1.54) is 0 Å². The van der Waals surface area contributed by atoms with Crippen molar-refractivity contribution in [3.8, 4) is 0 Å². The lowest BCUT2D eigenvalue weighted by atomic mass is 10.1. The highest BCUT2D eigenvalue weighted by Gasteiger charge is 2.25. The highest BCUT2D eigenvalue weighted by atomic mass is 32.2. The Morgan fingerprint density at radius 1 is 1.38 bits per heavy atom. The summed E-state index contributed by atoms with van der Waals surface area (Å²) in [6, 6.07) is 1.67. The average Bonchev–Trinajstić information content (AvgIpc) is 2.75. The van der Waals surface area contributed by atoms with E-state index >= 15 is 0 Å². The molecule has 0 bridgehead atoms. The molecule has 120 valence electrons. The minimum absolute atomic E-state index is 0.0443. The Morgan fingerprint density at radius 2 is 2.05 bits per heavy atom. The van der Waals surface area contributed by atoms with Crippen LogP contribution in [0, 0.1) is 0 Å². The Labute approximate surface area is 129 Å². The zero-order valence-corrected chi connectivity index (χ0v) is 14.3. The fourth-order valence-electron chi connectivity index (χ4n) is 1.56. The second kappa shape index (κ2) is 7.35. The van der Waals surface area contributed by atoms with Crippen LogP contribution in [-0.4, -0.2) is 33.1 Å². The van der Waals surface area contributed by atoms with Crippen LogP contribution in [0.15, 0.2) is 15.7 Å². The number of esters is 1. The molecule has 1 N–H and O–H groups in total. The molecule has 0 fully saturated rings. The third kappa shape index (κ3) is 6.13. The number of carbonyl (C=O) groups excluding carboxylic acids is 1. The van der Waals surface area contributed by atoms with Gasteiger partial charge in [-0.15, -0.1) is 11.3 Å². The van der Waals surface area contributed by atoms with Gasteiger partial charge in [-0.25, -0.2) is 17.9 Å². The molecule has 0 aromatic carbocycles. The molecule has 1 rings (SSSR count). The van der Waals surface area contributed by atoms with Gasteiger partial charge < -0.3 is 9.47 Å². The number of sulfonamides is 1. The quantitative estimate of drug-likeness (QED) is 0.770. The number of nitrogens with one attached hydrogen (secondary N) is 1. The van der Waals surface area contributed by atoms with Crippen LogP contribution in [0.1, 0.15) is 33.3 Å². The summed E-state index contributed by atoms with van der Waals surface area (Å²) in [6.45, 7) is 7.16. The maximum Gasteiger partial charge on any atom is 0.332 e. The number of hydrogen-bond donors (Lipinski definition) is 1. The second-order valence-electron chi connectivity index (χ2n) is 5.39. The van der Waals surface area contributed by atoms with Crippen LogP contribution in [0.5, 0.6) is 0 Å². The molecule has 21 heavy (non-hydrogen) atoms. The summed E-state index contributed by atoms with van der Waals surface area (Å²) in [5, 5.41) is 1.68. The molecule has 1 heterocycles. The zero-order chi connectivity index (χ0) is 16.1. The molecular formula is C13H21NO5S2. The summed E-state index contributed by atoms with van der Waals surface area (Å²) in [6.07, 6.45) is 0. The maximum atomic E-state index is 12.3. The standard InChI is InChI=1S/C13H21NO5S2/c1-5-19-11(15)9-18-8-10-6-7-20-12(10)21(16,17)14-13(2,3)4/h6-7,14H,5,8-9H2,1-4H3. The lowest BCUT2D eigenvalue weighted by Gasteiger charge is -2.20. The van der Waals surface area contributed by atoms with Gasteiger partial charge in [0.25, 0.3) is 10.0 Å². The molecule has 0 aliphatic carbocycles. The largest absolute Gasteiger partial charge is 0.464 e. The summed E-state index contributed by atoms with van der Waals surface area (Å²) in [5.74, 6) is -0.468. The smallest absolute Gasteiger partial charge is 0.332 e. The van der Waals surface area contributed by atoms with Gasteiger partial charge in [0.2, 0.25) is 0 Å². The van der Waals surface area contributed by atoms with Crippen LogP contribution in [0.25, 0.3) is 0 Å². The Balaban J connectivity index is 2.72. The van der Waals surface area contributed by atoms with E-state index in [2.05, 4.69) is 4.72 Å². The van der Waals surface area contributed by atoms with E-state index in [9.17, 15) is 13.2 Å². The molecule has 0 aliphatic heterocycles. The second-order valence-corrected chi connectivity index (χ2v) is 8.18. The van der Waals surface area contributed by atoms with Crippen LogP contribution in [0.2, 0.25) is 0 Å². The normalized spacial score (nSPS) is 12.4. The summed E-state index contributed by atoms with van der Waals surface area (Å²) in [4.78, 5) is 11.2. The first-order chi connectivity index (χ1) is 9.65. The van der Waals surface area contributed by atoms with E-state index in [1.54, 1.807) is 39.1 Å². The molecule has 8 heteroatoms. The van der Waals surface area contributed by atoms with Crippen LogP contribution in [0.4, 0.5) is 0 Å². The number of thiophene rings is 1. The first-order valence-electron chi connectivity index (χ1n) is 6.49. The molecular weight excluding hydrogens is 314 g/mol. The molecule has 0 saturated heterocycles. The van der Waals surface area contributed by atoms with Gasteiger partial charge >= 0.3 is 5.97 Å². The Kier molecular flexibility index (Phi) is 6.33. The van der Waals surface area contributed by atoms with Crippen molar-refractivity contribution in [2.24, 2.45) is 0 Å².